The van der Waals surface area contributed by atoms with Crippen molar-refractivity contribution in [3.63, 3.8) is 0 Å². The highest BCUT2D eigenvalue weighted by Crippen LogP contribution is 2.26. The molecule has 6 heteroatoms. The molecular formula is C15H14BrFN2O2. The van der Waals surface area contributed by atoms with Gasteiger partial charge in [0.15, 0.2) is 0 Å². The Morgan fingerprint density at radius 3 is 2.81 bits per heavy atom. The summed E-state index contributed by atoms with van der Waals surface area (Å²) in [6.45, 7) is 2.29. The van der Waals surface area contributed by atoms with Crippen molar-refractivity contribution in [3.05, 3.63) is 52.3 Å². The number of benzene rings is 2. The maximum atomic E-state index is 13.7. The first-order chi connectivity index (χ1) is 10.0. The van der Waals surface area contributed by atoms with Crippen LogP contribution in [-0.4, -0.2) is 12.5 Å². The molecule has 0 saturated heterocycles. The van der Waals surface area contributed by atoms with Crippen LogP contribution in [0.2, 0.25) is 0 Å². The van der Waals surface area contributed by atoms with Crippen molar-refractivity contribution in [2.24, 2.45) is 0 Å². The van der Waals surface area contributed by atoms with Gasteiger partial charge in [-0.15, -0.1) is 0 Å². The standard InChI is InChI=1S/C15H14BrFN2O2/c1-2-21-11-7-9(6-10(18)8-11)15(20)19-14-12(16)4-3-5-13(14)17/h3-8H,2,18H2,1H3,(H,19,20). The number of nitrogens with two attached hydrogens (primary N) is 1. The molecular weight excluding hydrogens is 339 g/mol. The number of para-hydroxylation sites is 1. The number of amides is 1. The van der Waals surface area contributed by atoms with Crippen LogP contribution >= 0.6 is 15.9 Å². The van der Waals surface area contributed by atoms with Crippen molar-refractivity contribution < 1.29 is 13.9 Å². The van der Waals surface area contributed by atoms with Gasteiger partial charge >= 0.3 is 0 Å². The quantitative estimate of drug-likeness (QED) is 0.822. The van der Waals surface area contributed by atoms with Gasteiger partial charge in [0.25, 0.3) is 5.91 Å². The summed E-state index contributed by atoms with van der Waals surface area (Å²) in [5, 5.41) is 2.52. The summed E-state index contributed by atoms with van der Waals surface area (Å²) in [5.41, 5.74) is 6.52. The Labute approximate surface area is 130 Å². The SMILES string of the molecule is CCOc1cc(N)cc(C(=O)Nc2c(F)cccc2Br)c1. The Bertz CT molecular complexity index is 656. The Hall–Kier alpha value is -2.08. The van der Waals surface area contributed by atoms with E-state index in [4.69, 9.17) is 10.5 Å². The van der Waals surface area contributed by atoms with Gasteiger partial charge in [0.2, 0.25) is 0 Å². The van der Waals surface area contributed by atoms with E-state index in [9.17, 15) is 9.18 Å². The average molecular weight is 353 g/mol. The summed E-state index contributed by atoms with van der Waals surface area (Å²) < 4.78 is 19.5. The number of hydrogen-bond donors (Lipinski definition) is 2. The predicted octanol–water partition coefficient (Wildman–Crippen LogP) is 3.82. The van der Waals surface area contributed by atoms with Crippen LogP contribution in [0.25, 0.3) is 0 Å². The van der Waals surface area contributed by atoms with Gasteiger partial charge in [-0.3, -0.25) is 4.79 Å². The Morgan fingerprint density at radius 2 is 2.14 bits per heavy atom. The highest BCUT2D eigenvalue weighted by Gasteiger charge is 2.13. The lowest BCUT2D eigenvalue weighted by Crippen LogP contribution is -2.14. The van der Waals surface area contributed by atoms with E-state index in [1.165, 1.54) is 12.1 Å². The van der Waals surface area contributed by atoms with E-state index in [2.05, 4.69) is 21.2 Å². The van der Waals surface area contributed by atoms with Gasteiger partial charge in [-0.1, -0.05) is 6.07 Å². The molecule has 110 valence electrons. The largest absolute Gasteiger partial charge is 0.494 e. The van der Waals surface area contributed by atoms with Crippen LogP contribution < -0.4 is 15.8 Å². The van der Waals surface area contributed by atoms with E-state index in [0.717, 1.165) is 0 Å². The van der Waals surface area contributed by atoms with Crippen LogP contribution in [0, 0.1) is 5.82 Å². The summed E-state index contributed by atoms with van der Waals surface area (Å²) in [5.74, 6) is -0.490. The molecule has 2 aromatic rings. The summed E-state index contributed by atoms with van der Waals surface area (Å²) in [6, 6.07) is 9.15. The molecule has 1 amide bonds. The molecule has 0 radical (unpaired) electrons. The molecule has 0 aliphatic heterocycles. The molecule has 0 aromatic heterocycles. The molecule has 2 rings (SSSR count). The van der Waals surface area contributed by atoms with Crippen LogP contribution in [0.15, 0.2) is 40.9 Å². The third kappa shape index (κ3) is 3.72. The maximum Gasteiger partial charge on any atom is 0.255 e. The maximum absolute atomic E-state index is 13.7. The van der Waals surface area contributed by atoms with Crippen LogP contribution in [0.5, 0.6) is 5.75 Å². The Morgan fingerprint density at radius 1 is 1.38 bits per heavy atom. The summed E-state index contributed by atoms with van der Waals surface area (Å²) in [6.07, 6.45) is 0. The van der Waals surface area contributed by atoms with Crippen molar-refractivity contribution in [1.82, 2.24) is 0 Å². The highest BCUT2D eigenvalue weighted by molar-refractivity contribution is 9.10. The number of rotatable bonds is 4. The molecule has 0 unspecified atom stereocenters. The van der Waals surface area contributed by atoms with Gasteiger partial charge in [0, 0.05) is 21.8 Å². The normalized spacial score (nSPS) is 10.2. The molecule has 0 heterocycles. The van der Waals surface area contributed by atoms with Gasteiger partial charge in [0.05, 0.1) is 12.3 Å². The minimum absolute atomic E-state index is 0.0860. The van der Waals surface area contributed by atoms with Crippen molar-refractivity contribution in [2.45, 2.75) is 6.92 Å². The third-order valence-corrected chi connectivity index (χ3v) is 3.36. The number of carbonyl (C=O) groups is 1. The Balaban J connectivity index is 2.28. The first kappa shape index (κ1) is 15.3. The Kier molecular flexibility index (Phi) is 4.80. The van der Waals surface area contributed by atoms with Crippen LogP contribution in [0.1, 0.15) is 17.3 Å². The van der Waals surface area contributed by atoms with E-state index in [1.807, 2.05) is 6.92 Å². The second-order valence-electron chi connectivity index (χ2n) is 4.27. The van der Waals surface area contributed by atoms with Gasteiger partial charge in [-0.2, -0.15) is 0 Å². The van der Waals surface area contributed by atoms with Crippen molar-refractivity contribution >= 4 is 33.2 Å². The topological polar surface area (TPSA) is 64.3 Å². The summed E-state index contributed by atoms with van der Waals surface area (Å²) in [4.78, 5) is 12.2. The highest BCUT2D eigenvalue weighted by atomic mass is 79.9. The fourth-order valence-electron chi connectivity index (χ4n) is 1.81. The fraction of sp³-hybridized carbons (Fsp3) is 0.133. The molecule has 0 aliphatic rings. The van der Waals surface area contributed by atoms with Gasteiger partial charge in [-0.25, -0.2) is 4.39 Å². The molecule has 0 fully saturated rings. The monoisotopic (exact) mass is 352 g/mol. The van der Waals surface area contributed by atoms with Gasteiger partial charge in [-0.05, 0) is 47.1 Å². The average Bonchev–Trinajstić information content (AvgIpc) is 2.42. The van der Waals surface area contributed by atoms with E-state index in [1.54, 1.807) is 24.3 Å². The number of ether oxygens (including phenoxy) is 1. The lowest BCUT2D eigenvalue weighted by molar-refractivity contribution is 0.102. The van der Waals surface area contributed by atoms with Crippen LogP contribution in [-0.2, 0) is 0 Å². The minimum atomic E-state index is -0.522. The number of anilines is 2. The summed E-state index contributed by atoms with van der Waals surface area (Å²) >= 11 is 3.20. The van der Waals surface area contributed by atoms with Gasteiger partial charge < -0.3 is 15.8 Å². The molecule has 0 spiro atoms. The zero-order valence-corrected chi connectivity index (χ0v) is 12.9. The zero-order valence-electron chi connectivity index (χ0n) is 11.3. The second-order valence-corrected chi connectivity index (χ2v) is 5.13. The van der Waals surface area contributed by atoms with Crippen LogP contribution in [0.3, 0.4) is 0 Å². The fourth-order valence-corrected chi connectivity index (χ4v) is 2.25. The second kappa shape index (κ2) is 6.58. The molecule has 0 aliphatic carbocycles. The molecule has 0 bridgehead atoms. The van der Waals surface area contributed by atoms with E-state index in [0.29, 0.717) is 28.1 Å². The number of halogens is 2. The number of nitrogens with one attached hydrogen (secondary N) is 1. The molecule has 0 saturated carbocycles. The van der Waals surface area contributed by atoms with Crippen LogP contribution in [0.4, 0.5) is 15.8 Å². The zero-order chi connectivity index (χ0) is 15.4. The van der Waals surface area contributed by atoms with E-state index >= 15 is 0 Å². The number of carbonyl (C=O) groups excluding carboxylic acids is 1. The van der Waals surface area contributed by atoms with Crippen molar-refractivity contribution in [3.8, 4) is 5.75 Å². The molecule has 0 atom stereocenters. The lowest BCUT2D eigenvalue weighted by Gasteiger charge is -2.10. The molecule has 21 heavy (non-hydrogen) atoms. The molecule has 4 nitrogen and oxygen atoms in total. The predicted molar refractivity (Wildman–Crippen MR) is 84.1 cm³/mol. The minimum Gasteiger partial charge on any atom is -0.494 e. The number of hydrogen-bond acceptors (Lipinski definition) is 3. The third-order valence-electron chi connectivity index (χ3n) is 2.70. The first-order valence-corrected chi connectivity index (χ1v) is 7.09. The molecule has 3 N–H and O–H groups in total. The van der Waals surface area contributed by atoms with E-state index in [-0.39, 0.29) is 5.69 Å². The first-order valence-electron chi connectivity index (χ1n) is 6.30. The summed E-state index contributed by atoms with van der Waals surface area (Å²) in [7, 11) is 0. The van der Waals surface area contributed by atoms with Crippen molar-refractivity contribution in [2.75, 3.05) is 17.7 Å². The lowest BCUT2D eigenvalue weighted by atomic mass is 10.1. The number of nitrogen functional groups attached to an aromatic ring is 1. The van der Waals surface area contributed by atoms with Crippen molar-refractivity contribution in [1.29, 1.82) is 0 Å². The van der Waals surface area contributed by atoms with Gasteiger partial charge in [0.1, 0.15) is 11.6 Å². The smallest absolute Gasteiger partial charge is 0.255 e. The molecule has 2 aromatic carbocycles. The van der Waals surface area contributed by atoms with E-state index < -0.39 is 11.7 Å².